The minimum absolute atomic E-state index is 0.0000485. The van der Waals surface area contributed by atoms with Crippen LogP contribution in [0.15, 0.2) is 54.7 Å². The van der Waals surface area contributed by atoms with Gasteiger partial charge in [0.15, 0.2) is 0 Å². The standard InChI is InChI=1S/C27H31N3O3/c1-20-25(12-9-22-6-5-15-28-26(20)22)21-7-10-23(11-8-21)33-24-13-17-29(18-14-24)27(31)30-16-3-2-4-19-32-30/h5-12,15,24H,2-4,13-14,16-19H2,1H3. The molecule has 0 aliphatic carbocycles. The van der Waals surface area contributed by atoms with Gasteiger partial charge in [0.1, 0.15) is 11.9 Å². The van der Waals surface area contributed by atoms with Crippen molar-refractivity contribution in [2.24, 2.45) is 0 Å². The minimum atomic E-state index is -0.0000485. The second-order valence-electron chi connectivity index (χ2n) is 8.92. The number of aromatic nitrogens is 1. The molecule has 0 unspecified atom stereocenters. The van der Waals surface area contributed by atoms with Crippen LogP contribution in [0.2, 0.25) is 0 Å². The van der Waals surface area contributed by atoms with Gasteiger partial charge in [-0.15, -0.1) is 0 Å². The van der Waals surface area contributed by atoms with Crippen LogP contribution in [-0.4, -0.2) is 53.3 Å². The third-order valence-electron chi connectivity index (χ3n) is 6.67. The number of fused-ring (bicyclic) bond motifs is 1. The molecule has 3 aromatic rings. The first-order valence-corrected chi connectivity index (χ1v) is 12.0. The molecule has 33 heavy (non-hydrogen) atoms. The molecule has 0 saturated carbocycles. The van der Waals surface area contributed by atoms with Crippen molar-refractivity contribution in [3.8, 4) is 16.9 Å². The number of rotatable bonds is 3. The van der Waals surface area contributed by atoms with Gasteiger partial charge in [0.25, 0.3) is 0 Å². The summed E-state index contributed by atoms with van der Waals surface area (Å²) >= 11 is 0. The number of likely N-dealkylation sites (tertiary alicyclic amines) is 1. The molecule has 0 radical (unpaired) electrons. The van der Waals surface area contributed by atoms with E-state index in [2.05, 4.69) is 42.2 Å². The number of urea groups is 1. The van der Waals surface area contributed by atoms with Crippen LogP contribution in [0.3, 0.4) is 0 Å². The summed E-state index contributed by atoms with van der Waals surface area (Å²) in [5.74, 6) is 0.871. The third-order valence-corrected chi connectivity index (χ3v) is 6.67. The Morgan fingerprint density at radius 2 is 1.82 bits per heavy atom. The molecule has 0 spiro atoms. The highest BCUT2D eigenvalue weighted by molar-refractivity contribution is 5.88. The number of hydrogen-bond acceptors (Lipinski definition) is 4. The van der Waals surface area contributed by atoms with Crippen LogP contribution >= 0.6 is 0 Å². The fourth-order valence-corrected chi connectivity index (χ4v) is 4.76. The van der Waals surface area contributed by atoms with E-state index in [1.165, 1.54) is 11.1 Å². The lowest BCUT2D eigenvalue weighted by atomic mass is 9.98. The molecule has 2 aliphatic heterocycles. The second-order valence-corrected chi connectivity index (χ2v) is 8.92. The van der Waals surface area contributed by atoms with E-state index in [1.807, 2.05) is 29.3 Å². The molecule has 2 aromatic carbocycles. The highest BCUT2D eigenvalue weighted by Gasteiger charge is 2.28. The van der Waals surface area contributed by atoms with Gasteiger partial charge in [-0.3, -0.25) is 9.82 Å². The second kappa shape index (κ2) is 9.79. The molecule has 6 heteroatoms. The van der Waals surface area contributed by atoms with Gasteiger partial charge < -0.3 is 9.64 Å². The Hall–Kier alpha value is -3.12. The van der Waals surface area contributed by atoms with Gasteiger partial charge >= 0.3 is 6.03 Å². The Morgan fingerprint density at radius 3 is 2.64 bits per heavy atom. The van der Waals surface area contributed by atoms with E-state index < -0.39 is 0 Å². The Bertz CT molecular complexity index is 1100. The summed E-state index contributed by atoms with van der Waals surface area (Å²) in [4.78, 5) is 24.8. The first-order valence-electron chi connectivity index (χ1n) is 12.0. The van der Waals surface area contributed by atoms with Crippen molar-refractivity contribution in [3.05, 3.63) is 60.3 Å². The Kier molecular flexibility index (Phi) is 6.44. The Morgan fingerprint density at radius 1 is 1.00 bits per heavy atom. The molecule has 5 rings (SSSR count). The molecule has 0 N–H and O–H groups in total. The molecule has 2 fully saturated rings. The zero-order chi connectivity index (χ0) is 22.6. The number of aryl methyl sites for hydroxylation is 1. The SMILES string of the molecule is Cc1c(-c2ccc(OC3CCN(C(=O)N4CCCCCO4)CC3)cc2)ccc2cccnc12. The molecule has 6 nitrogen and oxygen atoms in total. The summed E-state index contributed by atoms with van der Waals surface area (Å²) in [5, 5.41) is 2.71. The maximum atomic E-state index is 12.7. The van der Waals surface area contributed by atoms with E-state index in [9.17, 15) is 4.79 Å². The number of amides is 2. The molecule has 3 heterocycles. The topological polar surface area (TPSA) is 54.9 Å². The third kappa shape index (κ3) is 4.81. The molecule has 172 valence electrons. The largest absolute Gasteiger partial charge is 0.490 e. The number of piperidine rings is 1. The number of pyridine rings is 1. The first-order chi connectivity index (χ1) is 16.2. The summed E-state index contributed by atoms with van der Waals surface area (Å²) < 4.78 is 6.25. The van der Waals surface area contributed by atoms with Crippen molar-refractivity contribution >= 4 is 16.9 Å². The van der Waals surface area contributed by atoms with E-state index in [0.717, 1.165) is 54.3 Å². The predicted octanol–water partition coefficient (Wildman–Crippen LogP) is 5.59. The van der Waals surface area contributed by atoms with Crippen LogP contribution in [0.25, 0.3) is 22.0 Å². The predicted molar refractivity (Wildman–Crippen MR) is 129 cm³/mol. The highest BCUT2D eigenvalue weighted by atomic mass is 16.7. The van der Waals surface area contributed by atoms with Crippen LogP contribution in [-0.2, 0) is 4.84 Å². The molecular weight excluding hydrogens is 414 g/mol. The van der Waals surface area contributed by atoms with Crippen LogP contribution in [0.5, 0.6) is 5.75 Å². The number of hydroxylamine groups is 2. The summed E-state index contributed by atoms with van der Waals surface area (Å²) in [6, 6.07) is 16.7. The monoisotopic (exact) mass is 445 g/mol. The van der Waals surface area contributed by atoms with E-state index in [0.29, 0.717) is 26.2 Å². The van der Waals surface area contributed by atoms with Gasteiger partial charge in [0.05, 0.1) is 18.7 Å². The highest BCUT2D eigenvalue weighted by Crippen LogP contribution is 2.30. The van der Waals surface area contributed by atoms with Crippen molar-refractivity contribution < 1.29 is 14.4 Å². The van der Waals surface area contributed by atoms with Crippen molar-refractivity contribution in [2.75, 3.05) is 26.2 Å². The Balaban J connectivity index is 1.19. The zero-order valence-corrected chi connectivity index (χ0v) is 19.2. The van der Waals surface area contributed by atoms with Gasteiger partial charge in [-0.2, -0.15) is 0 Å². The molecule has 2 saturated heterocycles. The van der Waals surface area contributed by atoms with Gasteiger partial charge in [0.2, 0.25) is 0 Å². The fraction of sp³-hybridized carbons (Fsp3) is 0.407. The van der Waals surface area contributed by atoms with E-state index in [4.69, 9.17) is 9.57 Å². The van der Waals surface area contributed by atoms with Crippen LogP contribution in [0.4, 0.5) is 4.79 Å². The zero-order valence-electron chi connectivity index (χ0n) is 19.2. The van der Waals surface area contributed by atoms with Crippen molar-refractivity contribution in [3.63, 3.8) is 0 Å². The lowest BCUT2D eigenvalue weighted by molar-refractivity contribution is -0.119. The number of benzene rings is 2. The van der Waals surface area contributed by atoms with Crippen LogP contribution in [0.1, 0.15) is 37.7 Å². The molecule has 1 aromatic heterocycles. The molecular formula is C27H31N3O3. The summed E-state index contributed by atoms with van der Waals surface area (Å²) in [7, 11) is 0. The average Bonchev–Trinajstić information content (AvgIpc) is 3.15. The quantitative estimate of drug-likeness (QED) is 0.527. The minimum Gasteiger partial charge on any atom is -0.490 e. The first kappa shape index (κ1) is 21.7. The number of carbonyl (C=O) groups excluding carboxylic acids is 1. The van der Waals surface area contributed by atoms with E-state index in [1.54, 1.807) is 5.06 Å². The molecule has 2 aliphatic rings. The van der Waals surface area contributed by atoms with Crippen LogP contribution in [0, 0.1) is 6.92 Å². The summed E-state index contributed by atoms with van der Waals surface area (Å²) in [5.41, 5.74) is 4.58. The Labute approximate surface area is 195 Å². The number of nitrogens with zero attached hydrogens (tertiary/aromatic N) is 3. The van der Waals surface area contributed by atoms with Crippen molar-refractivity contribution in [1.29, 1.82) is 0 Å². The lowest BCUT2D eigenvalue weighted by Crippen LogP contribution is -2.48. The number of carbonyl (C=O) groups is 1. The normalized spacial score (nSPS) is 17.7. The molecule has 2 amide bonds. The average molecular weight is 446 g/mol. The van der Waals surface area contributed by atoms with E-state index >= 15 is 0 Å². The maximum Gasteiger partial charge on any atom is 0.343 e. The lowest BCUT2D eigenvalue weighted by Gasteiger charge is -2.34. The van der Waals surface area contributed by atoms with E-state index in [-0.39, 0.29) is 12.1 Å². The van der Waals surface area contributed by atoms with Gasteiger partial charge in [-0.05, 0) is 61.1 Å². The smallest absolute Gasteiger partial charge is 0.343 e. The summed E-state index contributed by atoms with van der Waals surface area (Å²) in [6.45, 7) is 4.85. The van der Waals surface area contributed by atoms with Crippen molar-refractivity contribution in [1.82, 2.24) is 14.9 Å². The molecule has 0 bridgehead atoms. The van der Waals surface area contributed by atoms with Gasteiger partial charge in [-0.25, -0.2) is 9.86 Å². The van der Waals surface area contributed by atoms with Crippen LogP contribution < -0.4 is 4.74 Å². The number of hydrogen-bond donors (Lipinski definition) is 0. The molecule has 0 atom stereocenters. The summed E-state index contributed by atoms with van der Waals surface area (Å²) in [6.07, 6.45) is 6.78. The van der Waals surface area contributed by atoms with Gasteiger partial charge in [0, 0.05) is 37.5 Å². The fourth-order valence-electron chi connectivity index (χ4n) is 4.76. The maximum absolute atomic E-state index is 12.7. The van der Waals surface area contributed by atoms with Gasteiger partial charge in [-0.1, -0.05) is 30.3 Å². The van der Waals surface area contributed by atoms with Crippen molar-refractivity contribution in [2.45, 2.75) is 45.1 Å². The number of ether oxygens (including phenoxy) is 1.